The lowest BCUT2D eigenvalue weighted by Crippen LogP contribution is -2.50. The van der Waals surface area contributed by atoms with Gasteiger partial charge in [-0.1, -0.05) is 12.1 Å². The second kappa shape index (κ2) is 7.61. The first-order valence-electron chi connectivity index (χ1n) is 8.22. The number of carbonyl (C=O) groups excluding carboxylic acids is 2. The van der Waals surface area contributed by atoms with E-state index in [9.17, 15) is 9.59 Å². The largest absolute Gasteiger partial charge is 0.339 e. The molecule has 2 amide bonds. The summed E-state index contributed by atoms with van der Waals surface area (Å²) in [4.78, 5) is 35.8. The number of nitriles is 1. The lowest BCUT2D eigenvalue weighted by molar-refractivity contribution is -0.130. The standard InChI is InChI=1S/C18H18N6O2/c1-13(25)23-8-10-24(11-9-23)17(26)16-6-7-20-18(22-16)21-15-5-3-2-4-14(15)12-19/h2-7H,8-11H2,1H3,(H,20,21,22). The van der Waals surface area contributed by atoms with E-state index in [1.165, 1.54) is 13.1 Å². The van der Waals surface area contributed by atoms with E-state index in [1.54, 1.807) is 40.1 Å². The number of benzene rings is 1. The number of piperazine rings is 1. The van der Waals surface area contributed by atoms with Crippen molar-refractivity contribution < 1.29 is 9.59 Å². The van der Waals surface area contributed by atoms with Gasteiger partial charge in [-0.15, -0.1) is 0 Å². The van der Waals surface area contributed by atoms with Gasteiger partial charge in [0.15, 0.2) is 0 Å². The van der Waals surface area contributed by atoms with Crippen LogP contribution in [0.3, 0.4) is 0 Å². The van der Waals surface area contributed by atoms with E-state index in [0.29, 0.717) is 37.4 Å². The van der Waals surface area contributed by atoms with Crippen LogP contribution in [0, 0.1) is 11.3 Å². The molecule has 8 nitrogen and oxygen atoms in total. The SMILES string of the molecule is CC(=O)N1CCN(C(=O)c2ccnc(Nc3ccccc3C#N)n2)CC1. The first kappa shape index (κ1) is 17.4. The van der Waals surface area contributed by atoms with Crippen molar-refractivity contribution in [1.82, 2.24) is 19.8 Å². The van der Waals surface area contributed by atoms with E-state index in [4.69, 9.17) is 5.26 Å². The Bertz CT molecular complexity index is 868. The van der Waals surface area contributed by atoms with Crippen LogP contribution in [0.4, 0.5) is 11.6 Å². The first-order valence-corrected chi connectivity index (χ1v) is 8.22. The first-order chi connectivity index (χ1) is 12.6. The van der Waals surface area contributed by atoms with Gasteiger partial charge < -0.3 is 15.1 Å². The van der Waals surface area contributed by atoms with Crippen molar-refractivity contribution in [1.29, 1.82) is 5.26 Å². The zero-order valence-electron chi connectivity index (χ0n) is 14.3. The van der Waals surface area contributed by atoms with E-state index < -0.39 is 0 Å². The molecule has 1 saturated heterocycles. The topological polar surface area (TPSA) is 102 Å². The number of para-hydroxylation sites is 1. The van der Waals surface area contributed by atoms with Gasteiger partial charge in [0.2, 0.25) is 11.9 Å². The fourth-order valence-corrected chi connectivity index (χ4v) is 2.73. The predicted molar refractivity (Wildman–Crippen MR) is 94.6 cm³/mol. The van der Waals surface area contributed by atoms with Gasteiger partial charge in [-0.2, -0.15) is 5.26 Å². The van der Waals surface area contributed by atoms with Crippen LogP contribution in [0.1, 0.15) is 23.0 Å². The Hall–Kier alpha value is -3.47. The van der Waals surface area contributed by atoms with Crippen molar-refractivity contribution in [3.63, 3.8) is 0 Å². The average Bonchev–Trinajstić information content (AvgIpc) is 2.68. The Morgan fingerprint density at radius 1 is 1.12 bits per heavy atom. The van der Waals surface area contributed by atoms with Gasteiger partial charge in [-0.05, 0) is 18.2 Å². The molecule has 2 heterocycles. The van der Waals surface area contributed by atoms with E-state index in [-0.39, 0.29) is 23.5 Å². The quantitative estimate of drug-likeness (QED) is 0.897. The van der Waals surface area contributed by atoms with Crippen LogP contribution >= 0.6 is 0 Å². The normalized spacial score (nSPS) is 13.8. The van der Waals surface area contributed by atoms with Crippen LogP contribution in [0.25, 0.3) is 0 Å². The predicted octanol–water partition coefficient (Wildman–Crippen LogP) is 1.40. The summed E-state index contributed by atoms with van der Waals surface area (Å²) in [5.74, 6) is 0.0647. The molecule has 0 aliphatic carbocycles. The van der Waals surface area contributed by atoms with Crippen LogP contribution in [0.5, 0.6) is 0 Å². The van der Waals surface area contributed by atoms with E-state index in [1.807, 2.05) is 0 Å². The molecule has 0 unspecified atom stereocenters. The molecule has 8 heteroatoms. The Morgan fingerprint density at radius 2 is 1.81 bits per heavy atom. The van der Waals surface area contributed by atoms with Gasteiger partial charge in [-0.3, -0.25) is 9.59 Å². The summed E-state index contributed by atoms with van der Waals surface area (Å²) in [6, 6.07) is 10.7. The summed E-state index contributed by atoms with van der Waals surface area (Å²) >= 11 is 0. The maximum absolute atomic E-state index is 12.7. The highest BCUT2D eigenvalue weighted by Gasteiger charge is 2.24. The number of amides is 2. The van der Waals surface area contributed by atoms with Crippen molar-refractivity contribution in [2.45, 2.75) is 6.92 Å². The van der Waals surface area contributed by atoms with Crippen molar-refractivity contribution in [2.75, 3.05) is 31.5 Å². The summed E-state index contributed by atoms with van der Waals surface area (Å²) in [5, 5.41) is 12.1. The minimum absolute atomic E-state index is 0.0155. The van der Waals surface area contributed by atoms with Gasteiger partial charge in [0, 0.05) is 39.3 Å². The summed E-state index contributed by atoms with van der Waals surface area (Å²) < 4.78 is 0. The minimum atomic E-state index is -0.202. The van der Waals surface area contributed by atoms with E-state index in [0.717, 1.165) is 0 Å². The fourth-order valence-electron chi connectivity index (χ4n) is 2.73. The summed E-state index contributed by atoms with van der Waals surface area (Å²) in [7, 11) is 0. The maximum atomic E-state index is 12.7. The van der Waals surface area contributed by atoms with Crippen molar-refractivity contribution in [3.05, 3.63) is 47.8 Å². The van der Waals surface area contributed by atoms with Crippen LogP contribution in [-0.4, -0.2) is 57.8 Å². The molecule has 2 aromatic rings. The van der Waals surface area contributed by atoms with Crippen LogP contribution in [-0.2, 0) is 4.79 Å². The molecule has 0 radical (unpaired) electrons. The van der Waals surface area contributed by atoms with Gasteiger partial charge in [0.1, 0.15) is 11.8 Å². The van der Waals surface area contributed by atoms with Crippen LogP contribution in [0.2, 0.25) is 0 Å². The maximum Gasteiger partial charge on any atom is 0.272 e. The Morgan fingerprint density at radius 3 is 2.50 bits per heavy atom. The molecule has 0 saturated carbocycles. The highest BCUT2D eigenvalue weighted by Crippen LogP contribution is 2.18. The fraction of sp³-hybridized carbons (Fsp3) is 0.278. The van der Waals surface area contributed by atoms with Crippen molar-refractivity contribution in [2.24, 2.45) is 0 Å². The molecule has 1 aliphatic rings. The number of nitrogens with zero attached hydrogens (tertiary/aromatic N) is 5. The second-order valence-corrected chi connectivity index (χ2v) is 5.85. The zero-order valence-corrected chi connectivity index (χ0v) is 14.3. The number of hydrogen-bond donors (Lipinski definition) is 1. The molecular formula is C18H18N6O2. The van der Waals surface area contributed by atoms with Gasteiger partial charge in [-0.25, -0.2) is 9.97 Å². The second-order valence-electron chi connectivity index (χ2n) is 5.85. The molecule has 0 spiro atoms. The van der Waals surface area contributed by atoms with Crippen LogP contribution in [0.15, 0.2) is 36.5 Å². The lowest BCUT2D eigenvalue weighted by atomic mass is 10.2. The third kappa shape index (κ3) is 3.78. The van der Waals surface area contributed by atoms with Crippen molar-refractivity contribution >= 4 is 23.5 Å². The number of nitrogens with one attached hydrogen (secondary N) is 1. The summed E-state index contributed by atoms with van der Waals surface area (Å²) in [6.07, 6.45) is 1.50. The molecule has 1 aliphatic heterocycles. The van der Waals surface area contributed by atoms with Gasteiger partial charge in [0.25, 0.3) is 5.91 Å². The summed E-state index contributed by atoms with van der Waals surface area (Å²) in [6.45, 7) is 3.52. The number of aromatic nitrogens is 2. The monoisotopic (exact) mass is 350 g/mol. The molecular weight excluding hydrogens is 332 g/mol. The average molecular weight is 350 g/mol. The Balaban J connectivity index is 1.72. The number of carbonyl (C=O) groups is 2. The Kier molecular flexibility index (Phi) is 5.08. The Labute approximate surface area is 151 Å². The molecule has 26 heavy (non-hydrogen) atoms. The third-order valence-electron chi connectivity index (χ3n) is 4.18. The lowest BCUT2D eigenvalue weighted by Gasteiger charge is -2.34. The molecule has 3 rings (SSSR count). The minimum Gasteiger partial charge on any atom is -0.339 e. The van der Waals surface area contributed by atoms with Crippen molar-refractivity contribution in [3.8, 4) is 6.07 Å². The molecule has 132 valence electrons. The molecule has 1 fully saturated rings. The molecule has 1 aromatic carbocycles. The highest BCUT2D eigenvalue weighted by molar-refractivity contribution is 5.92. The third-order valence-corrected chi connectivity index (χ3v) is 4.18. The zero-order chi connectivity index (χ0) is 18.5. The van der Waals surface area contributed by atoms with E-state index in [2.05, 4.69) is 21.4 Å². The number of anilines is 2. The highest BCUT2D eigenvalue weighted by atomic mass is 16.2. The molecule has 1 aromatic heterocycles. The smallest absolute Gasteiger partial charge is 0.272 e. The molecule has 1 N–H and O–H groups in total. The summed E-state index contributed by atoms with van der Waals surface area (Å²) in [5.41, 5.74) is 1.32. The molecule has 0 atom stereocenters. The van der Waals surface area contributed by atoms with Gasteiger partial charge >= 0.3 is 0 Å². The van der Waals surface area contributed by atoms with Gasteiger partial charge in [0.05, 0.1) is 11.3 Å². The molecule has 0 bridgehead atoms. The van der Waals surface area contributed by atoms with Crippen LogP contribution < -0.4 is 5.32 Å². The number of hydrogen-bond acceptors (Lipinski definition) is 6. The number of rotatable bonds is 3. The van der Waals surface area contributed by atoms with E-state index >= 15 is 0 Å².